The van der Waals surface area contributed by atoms with Gasteiger partial charge in [0.1, 0.15) is 0 Å². The number of allylic oxidation sites excluding steroid dienone is 1. The van der Waals surface area contributed by atoms with Crippen molar-refractivity contribution in [2.75, 3.05) is 14.2 Å². The van der Waals surface area contributed by atoms with Crippen molar-refractivity contribution >= 4 is 11.9 Å². The van der Waals surface area contributed by atoms with Crippen LogP contribution in [0.3, 0.4) is 0 Å². The molecule has 0 amide bonds. The van der Waals surface area contributed by atoms with E-state index in [2.05, 4.69) is 5.10 Å². The number of benzene rings is 1. The minimum atomic E-state index is 0.0369. The summed E-state index contributed by atoms with van der Waals surface area (Å²) in [6.45, 7) is 0. The molecule has 1 aliphatic rings. The number of methoxy groups -OCH3 is 2. The highest BCUT2D eigenvalue weighted by atomic mass is 16.5. The van der Waals surface area contributed by atoms with E-state index in [1.165, 1.54) is 0 Å². The highest BCUT2D eigenvalue weighted by Gasteiger charge is 2.27. The molecule has 3 rings (SSSR count). The van der Waals surface area contributed by atoms with E-state index in [1.54, 1.807) is 31.2 Å². The number of Topliss-reactive ketones (excluding diaryl/α,β-unsaturated/α-hetero) is 1. The molecule has 0 bridgehead atoms. The average Bonchev–Trinajstić information content (AvgIpc) is 3.02. The third kappa shape index (κ3) is 2.31. The average molecular weight is 284 g/mol. The van der Waals surface area contributed by atoms with E-state index in [1.807, 2.05) is 25.4 Å². The number of hydrogen-bond acceptors (Lipinski definition) is 4. The molecule has 5 nitrogen and oxygen atoms in total. The van der Waals surface area contributed by atoms with Gasteiger partial charge in [-0.25, -0.2) is 0 Å². The Hall–Kier alpha value is -2.56. The molecule has 0 saturated carbocycles. The Morgan fingerprint density at radius 2 is 1.95 bits per heavy atom. The van der Waals surface area contributed by atoms with Crippen molar-refractivity contribution in [2.24, 2.45) is 7.05 Å². The summed E-state index contributed by atoms with van der Waals surface area (Å²) in [7, 11) is 5.01. The van der Waals surface area contributed by atoms with Crippen LogP contribution in [-0.4, -0.2) is 29.8 Å². The van der Waals surface area contributed by atoms with E-state index in [4.69, 9.17) is 9.47 Å². The molecule has 0 fully saturated rings. The molecule has 21 heavy (non-hydrogen) atoms. The van der Waals surface area contributed by atoms with E-state index in [0.717, 1.165) is 16.7 Å². The predicted molar refractivity (Wildman–Crippen MR) is 78.8 cm³/mol. The van der Waals surface area contributed by atoms with Gasteiger partial charge in [0.2, 0.25) is 0 Å². The summed E-state index contributed by atoms with van der Waals surface area (Å²) < 4.78 is 12.3. The number of aromatic nitrogens is 2. The highest BCUT2D eigenvalue weighted by molar-refractivity contribution is 6.15. The zero-order valence-corrected chi connectivity index (χ0v) is 12.2. The second-order valence-electron chi connectivity index (χ2n) is 4.99. The first-order chi connectivity index (χ1) is 10.1. The molecule has 1 aromatic carbocycles. The topological polar surface area (TPSA) is 53.4 Å². The molecular weight excluding hydrogens is 268 g/mol. The molecule has 0 N–H and O–H groups in total. The maximum Gasteiger partial charge on any atom is 0.189 e. The largest absolute Gasteiger partial charge is 0.493 e. The second kappa shape index (κ2) is 5.09. The van der Waals surface area contributed by atoms with Crippen LogP contribution in [0.15, 0.2) is 30.1 Å². The highest BCUT2D eigenvalue weighted by Crippen LogP contribution is 2.36. The van der Waals surface area contributed by atoms with Crippen molar-refractivity contribution < 1.29 is 14.3 Å². The van der Waals surface area contributed by atoms with Crippen LogP contribution in [0.25, 0.3) is 6.08 Å². The first-order valence-corrected chi connectivity index (χ1v) is 6.61. The van der Waals surface area contributed by atoms with Gasteiger partial charge in [0, 0.05) is 36.4 Å². The summed E-state index contributed by atoms with van der Waals surface area (Å²) in [4.78, 5) is 12.5. The Labute approximate surface area is 122 Å². The number of carbonyl (C=O) groups is 1. The van der Waals surface area contributed by atoms with Gasteiger partial charge in [-0.3, -0.25) is 9.48 Å². The molecule has 0 saturated heterocycles. The Bertz CT molecular complexity index is 744. The quantitative estimate of drug-likeness (QED) is 0.811. The zero-order valence-electron chi connectivity index (χ0n) is 12.2. The Balaban J connectivity index is 2.00. The molecule has 1 aliphatic carbocycles. The Morgan fingerprint density at radius 3 is 2.57 bits per heavy atom. The maximum atomic E-state index is 12.5. The summed E-state index contributed by atoms with van der Waals surface area (Å²) in [5, 5.41) is 4.11. The molecule has 5 heteroatoms. The molecule has 0 spiro atoms. The van der Waals surface area contributed by atoms with E-state index in [0.29, 0.717) is 23.5 Å². The molecule has 0 radical (unpaired) electrons. The lowest BCUT2D eigenvalue weighted by Crippen LogP contribution is -1.97. The Kier molecular flexibility index (Phi) is 3.25. The molecule has 108 valence electrons. The van der Waals surface area contributed by atoms with E-state index in [9.17, 15) is 4.79 Å². The minimum Gasteiger partial charge on any atom is -0.493 e. The van der Waals surface area contributed by atoms with Crippen LogP contribution in [0.1, 0.15) is 21.5 Å². The van der Waals surface area contributed by atoms with Gasteiger partial charge in [-0.05, 0) is 23.8 Å². The molecular formula is C16H16N2O3. The van der Waals surface area contributed by atoms with Gasteiger partial charge < -0.3 is 9.47 Å². The molecule has 1 aromatic heterocycles. The number of fused-ring (bicyclic) bond motifs is 1. The van der Waals surface area contributed by atoms with Crippen molar-refractivity contribution in [3.63, 3.8) is 0 Å². The van der Waals surface area contributed by atoms with Crippen molar-refractivity contribution in [1.29, 1.82) is 0 Å². The van der Waals surface area contributed by atoms with Crippen LogP contribution in [0.4, 0.5) is 0 Å². The first-order valence-electron chi connectivity index (χ1n) is 6.61. The van der Waals surface area contributed by atoms with Gasteiger partial charge in [-0.15, -0.1) is 0 Å². The van der Waals surface area contributed by atoms with Crippen molar-refractivity contribution in [1.82, 2.24) is 9.78 Å². The van der Waals surface area contributed by atoms with E-state index in [-0.39, 0.29) is 5.78 Å². The third-order valence-electron chi connectivity index (χ3n) is 3.59. The van der Waals surface area contributed by atoms with E-state index < -0.39 is 0 Å². The molecule has 0 aliphatic heterocycles. The number of nitrogens with zero attached hydrogens (tertiary/aromatic N) is 2. The van der Waals surface area contributed by atoms with Crippen LogP contribution in [0, 0.1) is 0 Å². The zero-order chi connectivity index (χ0) is 15.0. The fraction of sp³-hybridized carbons (Fsp3) is 0.250. The number of ether oxygens (including phenoxy) is 2. The van der Waals surface area contributed by atoms with Crippen LogP contribution in [0.5, 0.6) is 11.5 Å². The monoisotopic (exact) mass is 284 g/mol. The fourth-order valence-electron chi connectivity index (χ4n) is 2.57. The normalized spacial score (nSPS) is 15.4. The number of ketones is 1. The SMILES string of the molecule is COc1cc2c(cc1OC)C(=O)/C(=C\c1cnn(C)c1)C2. The number of hydrogen-bond donors (Lipinski definition) is 0. The van der Waals surface area contributed by atoms with Gasteiger partial charge in [-0.1, -0.05) is 0 Å². The third-order valence-corrected chi connectivity index (χ3v) is 3.59. The van der Waals surface area contributed by atoms with Gasteiger partial charge in [0.25, 0.3) is 0 Å². The molecule has 1 heterocycles. The lowest BCUT2D eigenvalue weighted by atomic mass is 10.1. The smallest absolute Gasteiger partial charge is 0.189 e. The summed E-state index contributed by atoms with van der Waals surface area (Å²) >= 11 is 0. The van der Waals surface area contributed by atoms with Crippen LogP contribution in [0.2, 0.25) is 0 Å². The summed E-state index contributed by atoms with van der Waals surface area (Å²) in [5.41, 5.74) is 3.33. The van der Waals surface area contributed by atoms with Gasteiger partial charge in [0.05, 0.1) is 20.4 Å². The van der Waals surface area contributed by atoms with Crippen LogP contribution >= 0.6 is 0 Å². The summed E-state index contributed by atoms with van der Waals surface area (Å²) in [5.74, 6) is 1.26. The fourth-order valence-corrected chi connectivity index (χ4v) is 2.57. The minimum absolute atomic E-state index is 0.0369. The van der Waals surface area contributed by atoms with Gasteiger partial charge in [0.15, 0.2) is 17.3 Å². The Morgan fingerprint density at radius 1 is 1.24 bits per heavy atom. The van der Waals surface area contributed by atoms with Crippen molar-refractivity contribution in [3.8, 4) is 11.5 Å². The molecule has 2 aromatic rings. The van der Waals surface area contributed by atoms with Gasteiger partial charge in [-0.2, -0.15) is 5.10 Å². The van der Waals surface area contributed by atoms with Crippen LogP contribution in [-0.2, 0) is 13.5 Å². The maximum absolute atomic E-state index is 12.5. The predicted octanol–water partition coefficient (Wildman–Crippen LogP) is 2.26. The van der Waals surface area contributed by atoms with Gasteiger partial charge >= 0.3 is 0 Å². The second-order valence-corrected chi connectivity index (χ2v) is 4.99. The molecule has 0 unspecified atom stereocenters. The molecule has 0 atom stereocenters. The standard InChI is InChI=1S/C16H16N2O3/c1-18-9-10(8-17-18)4-12-5-11-6-14(20-2)15(21-3)7-13(11)16(12)19/h4,6-9H,5H2,1-3H3/b12-4-. The number of rotatable bonds is 3. The summed E-state index contributed by atoms with van der Waals surface area (Å²) in [6.07, 6.45) is 6.10. The number of carbonyl (C=O) groups excluding carboxylic acids is 1. The van der Waals surface area contributed by atoms with E-state index >= 15 is 0 Å². The van der Waals surface area contributed by atoms with Crippen LogP contribution < -0.4 is 9.47 Å². The lowest BCUT2D eigenvalue weighted by molar-refractivity contribution is 0.104. The summed E-state index contributed by atoms with van der Waals surface area (Å²) in [6, 6.07) is 3.62. The lowest BCUT2D eigenvalue weighted by Gasteiger charge is -2.08. The number of aryl methyl sites for hydroxylation is 1. The first kappa shape index (κ1) is 13.4. The van der Waals surface area contributed by atoms with Crippen molar-refractivity contribution in [2.45, 2.75) is 6.42 Å². The van der Waals surface area contributed by atoms with Crippen molar-refractivity contribution in [3.05, 3.63) is 46.8 Å².